The molecule has 3 aromatic carbocycles. The van der Waals surface area contributed by atoms with Gasteiger partial charge >= 0.3 is 0 Å². The average Bonchev–Trinajstić information content (AvgIpc) is 2.94. The Kier molecular flexibility index (Phi) is 10.9. The van der Waals surface area contributed by atoms with Gasteiger partial charge in [-0.05, 0) is 72.9 Å². The van der Waals surface area contributed by atoms with E-state index >= 15 is 0 Å². The number of fused-ring (bicyclic) bond motifs is 1. The maximum atomic E-state index is 12.5. The van der Waals surface area contributed by atoms with E-state index in [1.54, 1.807) is 30.3 Å². The van der Waals surface area contributed by atoms with Gasteiger partial charge in [-0.25, -0.2) is 0 Å². The van der Waals surface area contributed by atoms with Crippen LogP contribution in [0.4, 0.5) is 0 Å². The highest BCUT2D eigenvalue weighted by Gasteiger charge is 2.27. The molecular formula is C29H35ClN4O4. The van der Waals surface area contributed by atoms with Crippen molar-refractivity contribution < 1.29 is 19.1 Å². The van der Waals surface area contributed by atoms with Crippen LogP contribution in [0, 0.1) is 5.92 Å². The van der Waals surface area contributed by atoms with Crippen LogP contribution >= 0.6 is 12.4 Å². The van der Waals surface area contributed by atoms with E-state index in [0.717, 1.165) is 36.5 Å². The number of ether oxygens (including phenoxy) is 1. The summed E-state index contributed by atoms with van der Waals surface area (Å²) >= 11 is 0. The largest absolute Gasteiger partial charge is 0.490 e. The molecule has 0 bridgehead atoms. The molecule has 0 unspecified atom stereocenters. The number of carbonyl (C=O) groups is 3. The molecule has 9 heteroatoms. The first-order chi connectivity index (χ1) is 18.0. The number of amides is 3. The minimum atomic E-state index is -0.212. The van der Waals surface area contributed by atoms with Crippen molar-refractivity contribution >= 4 is 40.9 Å². The first kappa shape index (κ1) is 28.9. The molecule has 202 valence electrons. The van der Waals surface area contributed by atoms with E-state index in [2.05, 4.69) is 16.0 Å². The zero-order chi connectivity index (χ0) is 26.0. The second kappa shape index (κ2) is 14.4. The van der Waals surface area contributed by atoms with E-state index in [1.165, 1.54) is 0 Å². The molecule has 0 atom stereocenters. The van der Waals surface area contributed by atoms with Crippen molar-refractivity contribution in [3.05, 3.63) is 77.9 Å². The Hall–Kier alpha value is -3.62. The van der Waals surface area contributed by atoms with E-state index in [9.17, 15) is 14.4 Å². The molecule has 0 radical (unpaired) electrons. The Morgan fingerprint density at radius 2 is 1.34 bits per heavy atom. The summed E-state index contributed by atoms with van der Waals surface area (Å²) in [4.78, 5) is 37.0. The van der Waals surface area contributed by atoms with Crippen LogP contribution < -0.4 is 26.4 Å². The number of hydrogen-bond acceptors (Lipinski definition) is 5. The molecule has 0 aliphatic heterocycles. The van der Waals surface area contributed by atoms with Gasteiger partial charge in [0, 0.05) is 43.2 Å². The van der Waals surface area contributed by atoms with Crippen molar-refractivity contribution in [3.63, 3.8) is 0 Å². The van der Waals surface area contributed by atoms with Crippen LogP contribution in [0.25, 0.3) is 10.8 Å². The van der Waals surface area contributed by atoms with E-state index in [-0.39, 0.29) is 42.2 Å². The fraction of sp³-hybridized carbons (Fsp3) is 0.345. The van der Waals surface area contributed by atoms with Crippen LogP contribution in [-0.4, -0.2) is 50.0 Å². The van der Waals surface area contributed by atoms with Crippen LogP contribution in [0.3, 0.4) is 0 Å². The summed E-state index contributed by atoms with van der Waals surface area (Å²) in [7, 11) is 0. The molecule has 3 amide bonds. The van der Waals surface area contributed by atoms with Crippen molar-refractivity contribution in [2.24, 2.45) is 11.7 Å². The van der Waals surface area contributed by atoms with Gasteiger partial charge < -0.3 is 26.4 Å². The van der Waals surface area contributed by atoms with Crippen LogP contribution in [-0.2, 0) is 4.79 Å². The summed E-state index contributed by atoms with van der Waals surface area (Å²) in [5.74, 6) is 0.416. The molecule has 1 saturated carbocycles. The molecule has 3 aromatic rings. The molecule has 1 fully saturated rings. The molecule has 0 heterocycles. The van der Waals surface area contributed by atoms with Gasteiger partial charge in [0.05, 0.1) is 6.10 Å². The molecule has 0 aromatic heterocycles. The first-order valence-corrected chi connectivity index (χ1v) is 12.8. The third kappa shape index (κ3) is 7.94. The lowest BCUT2D eigenvalue weighted by atomic mass is 9.86. The lowest BCUT2D eigenvalue weighted by Gasteiger charge is -2.28. The lowest BCUT2D eigenvalue weighted by Crippen LogP contribution is -2.37. The van der Waals surface area contributed by atoms with Crippen molar-refractivity contribution in [2.75, 3.05) is 26.2 Å². The van der Waals surface area contributed by atoms with Gasteiger partial charge in [0.25, 0.3) is 11.8 Å². The van der Waals surface area contributed by atoms with E-state index in [0.29, 0.717) is 43.1 Å². The van der Waals surface area contributed by atoms with E-state index < -0.39 is 0 Å². The second-order valence-electron chi connectivity index (χ2n) is 9.27. The molecule has 38 heavy (non-hydrogen) atoms. The van der Waals surface area contributed by atoms with Crippen LogP contribution in [0.2, 0.25) is 0 Å². The highest BCUT2D eigenvalue weighted by atomic mass is 35.5. The minimum absolute atomic E-state index is 0. The van der Waals surface area contributed by atoms with Crippen molar-refractivity contribution in [3.8, 4) is 5.75 Å². The summed E-state index contributed by atoms with van der Waals surface area (Å²) in [6.07, 6.45) is 3.27. The van der Waals surface area contributed by atoms with Crippen molar-refractivity contribution in [2.45, 2.75) is 31.8 Å². The molecule has 4 rings (SSSR count). The van der Waals surface area contributed by atoms with Gasteiger partial charge in [-0.1, -0.05) is 30.3 Å². The second-order valence-corrected chi connectivity index (χ2v) is 9.27. The van der Waals surface area contributed by atoms with E-state index in [4.69, 9.17) is 10.5 Å². The zero-order valence-electron chi connectivity index (χ0n) is 21.3. The maximum absolute atomic E-state index is 12.5. The fourth-order valence-electron chi connectivity index (χ4n) is 4.55. The number of benzene rings is 3. The molecular weight excluding hydrogens is 504 g/mol. The normalized spacial score (nSPS) is 16.7. The maximum Gasteiger partial charge on any atom is 0.251 e. The van der Waals surface area contributed by atoms with Gasteiger partial charge in [0.2, 0.25) is 5.91 Å². The lowest BCUT2D eigenvalue weighted by molar-refractivity contribution is -0.126. The zero-order valence-corrected chi connectivity index (χ0v) is 22.1. The number of hydrogen-bond donors (Lipinski definition) is 4. The third-order valence-corrected chi connectivity index (χ3v) is 6.62. The SMILES string of the molecule is Cl.NCCNC(=O)[C@H]1CC[C@@H](Oc2ccc(C(=O)NCCNC(=O)c3ccc4ccccc4c3)cc2)CC1. The fourth-order valence-corrected chi connectivity index (χ4v) is 4.55. The number of rotatable bonds is 10. The average molecular weight is 539 g/mol. The highest BCUT2D eigenvalue weighted by Crippen LogP contribution is 2.28. The topological polar surface area (TPSA) is 123 Å². The predicted octanol–water partition coefficient (Wildman–Crippen LogP) is 3.43. The van der Waals surface area contributed by atoms with E-state index in [1.807, 2.05) is 36.4 Å². The summed E-state index contributed by atoms with van der Waals surface area (Å²) in [6.45, 7) is 1.60. The van der Waals surface area contributed by atoms with Crippen molar-refractivity contribution in [1.82, 2.24) is 16.0 Å². The summed E-state index contributed by atoms with van der Waals surface area (Å²) in [5.41, 5.74) is 6.55. The number of nitrogens with one attached hydrogen (secondary N) is 3. The Morgan fingerprint density at radius 1 is 0.737 bits per heavy atom. The Balaban J connectivity index is 0.00000400. The Bertz CT molecular complexity index is 1230. The number of carbonyl (C=O) groups excluding carboxylic acids is 3. The summed E-state index contributed by atoms with van der Waals surface area (Å²) in [6, 6.07) is 20.5. The minimum Gasteiger partial charge on any atom is -0.490 e. The van der Waals surface area contributed by atoms with Crippen LogP contribution in [0.1, 0.15) is 46.4 Å². The molecule has 8 nitrogen and oxygen atoms in total. The third-order valence-electron chi connectivity index (χ3n) is 6.62. The monoisotopic (exact) mass is 538 g/mol. The quantitative estimate of drug-likeness (QED) is 0.295. The van der Waals surface area contributed by atoms with Crippen LogP contribution in [0.15, 0.2) is 66.7 Å². The molecule has 0 saturated heterocycles. The Morgan fingerprint density at radius 3 is 2.00 bits per heavy atom. The molecule has 5 N–H and O–H groups in total. The first-order valence-electron chi connectivity index (χ1n) is 12.8. The highest BCUT2D eigenvalue weighted by molar-refractivity contribution is 5.98. The van der Waals surface area contributed by atoms with Crippen molar-refractivity contribution in [1.29, 1.82) is 0 Å². The van der Waals surface area contributed by atoms with Gasteiger partial charge in [0.1, 0.15) is 5.75 Å². The summed E-state index contributed by atoms with van der Waals surface area (Å²) in [5, 5.41) is 10.6. The van der Waals surface area contributed by atoms with Gasteiger partial charge in [-0.15, -0.1) is 12.4 Å². The molecule has 0 spiro atoms. The Labute approximate surface area is 229 Å². The van der Waals surface area contributed by atoms with Gasteiger partial charge in [-0.3, -0.25) is 14.4 Å². The van der Waals surface area contributed by atoms with Crippen LogP contribution in [0.5, 0.6) is 5.75 Å². The van der Waals surface area contributed by atoms with Gasteiger partial charge in [0.15, 0.2) is 0 Å². The smallest absolute Gasteiger partial charge is 0.251 e. The number of nitrogens with two attached hydrogens (primary N) is 1. The number of halogens is 1. The summed E-state index contributed by atoms with van der Waals surface area (Å²) < 4.78 is 6.06. The molecule has 1 aliphatic carbocycles. The molecule has 1 aliphatic rings. The van der Waals surface area contributed by atoms with Gasteiger partial charge in [-0.2, -0.15) is 0 Å². The standard InChI is InChI=1S/C29H34N4O4.ClH/c30-15-16-31-27(34)21-7-11-25(12-8-21)37-26-13-9-22(10-14-26)28(35)32-17-18-33-29(36)24-6-5-20-3-1-2-4-23(20)19-24;/h1-6,9-10,13-14,19,21,25H,7-8,11-12,15-18,30H2,(H,31,34)(H,32,35)(H,33,36);1H/t21-,25+;. The predicted molar refractivity (Wildman–Crippen MR) is 151 cm³/mol.